The van der Waals surface area contributed by atoms with Crippen molar-refractivity contribution >= 4 is 31.3 Å². The van der Waals surface area contributed by atoms with E-state index in [0.717, 1.165) is 51.0 Å². The number of halogens is 1. The molecule has 0 aliphatic rings. The molecule has 0 aliphatic carbocycles. The van der Waals surface area contributed by atoms with E-state index >= 15 is 0 Å². The fourth-order valence-electron chi connectivity index (χ4n) is 3.09. The van der Waals surface area contributed by atoms with E-state index in [-0.39, 0.29) is 30.3 Å². The molecule has 1 unspecified atom stereocenters. The van der Waals surface area contributed by atoms with E-state index in [2.05, 4.69) is 17.6 Å². The lowest BCUT2D eigenvalue weighted by Gasteiger charge is -2.29. The van der Waals surface area contributed by atoms with Crippen molar-refractivity contribution in [1.29, 1.82) is 0 Å². The molecule has 9 heteroatoms. The van der Waals surface area contributed by atoms with Gasteiger partial charge in [-0.15, -0.1) is 11.6 Å². The van der Waals surface area contributed by atoms with E-state index < -0.39 is 5.31 Å². The average molecular weight is 503 g/mol. The average Bonchev–Trinajstić information content (AvgIpc) is 2.76. The molecule has 0 rings (SSSR count). The first-order valence-electron chi connectivity index (χ1n) is 12.7. The minimum Gasteiger partial charge on any atom is -0.381 e. The smallest absolute Gasteiger partial charge is 0.220 e. The van der Waals surface area contributed by atoms with Gasteiger partial charge in [0.05, 0.1) is 34.3 Å². The van der Waals surface area contributed by atoms with Gasteiger partial charge in [0.2, 0.25) is 11.8 Å². The van der Waals surface area contributed by atoms with Gasteiger partial charge in [-0.1, -0.05) is 47.0 Å². The van der Waals surface area contributed by atoms with E-state index in [4.69, 9.17) is 33.7 Å². The Kier molecular flexibility index (Phi) is 19.9. The van der Waals surface area contributed by atoms with Crippen LogP contribution < -0.4 is 10.6 Å². The van der Waals surface area contributed by atoms with Crippen LogP contribution in [0, 0.1) is 5.41 Å². The molecule has 2 radical (unpaired) electrons. The Morgan fingerprint density at radius 1 is 0.824 bits per heavy atom. The van der Waals surface area contributed by atoms with E-state index in [1.807, 2.05) is 13.8 Å². The van der Waals surface area contributed by atoms with Gasteiger partial charge in [0.25, 0.3) is 0 Å². The number of carbonyl (C=O) groups excluding carboxylic acids is 2. The van der Waals surface area contributed by atoms with Gasteiger partial charge >= 0.3 is 0 Å². The molecule has 0 heterocycles. The zero-order valence-corrected chi connectivity index (χ0v) is 22.8. The molecule has 0 aromatic heterocycles. The third kappa shape index (κ3) is 21.7. The maximum Gasteiger partial charge on any atom is 0.220 e. The maximum absolute atomic E-state index is 12.2. The molecular formula is C25H48BClN2O5. The van der Waals surface area contributed by atoms with E-state index in [0.29, 0.717) is 45.9 Å². The highest BCUT2D eigenvalue weighted by molar-refractivity contribution is 6.17. The lowest BCUT2D eigenvalue weighted by molar-refractivity contribution is -0.123. The molecule has 198 valence electrons. The lowest BCUT2D eigenvalue weighted by atomic mass is 9.68. The second-order valence-corrected chi connectivity index (χ2v) is 10.4. The van der Waals surface area contributed by atoms with Crippen molar-refractivity contribution in [2.45, 2.75) is 84.4 Å². The van der Waals surface area contributed by atoms with Crippen molar-refractivity contribution in [3.05, 3.63) is 0 Å². The second kappa shape index (κ2) is 20.4. The van der Waals surface area contributed by atoms with Gasteiger partial charge in [-0.05, 0) is 24.6 Å². The Morgan fingerprint density at radius 3 is 2.18 bits per heavy atom. The number of nitrogens with one attached hydrogen (secondary N) is 2. The number of amides is 2. The van der Waals surface area contributed by atoms with Crippen molar-refractivity contribution in [3.63, 3.8) is 0 Å². The molecule has 0 saturated carbocycles. The monoisotopic (exact) mass is 502 g/mol. The molecule has 34 heavy (non-hydrogen) atoms. The van der Waals surface area contributed by atoms with Gasteiger partial charge < -0.3 is 24.8 Å². The second-order valence-electron chi connectivity index (χ2n) is 10.0. The number of carbonyl (C=O) groups is 2. The van der Waals surface area contributed by atoms with Crippen molar-refractivity contribution in [3.8, 4) is 0 Å². The molecule has 7 nitrogen and oxygen atoms in total. The normalized spacial score (nSPS) is 13.4. The number of hydrogen-bond acceptors (Lipinski definition) is 5. The SMILES string of the molecule is [B]C(C)(COCC(C)(C)CNC(=O)CCCC)CC(=O)NCCOCCOCCCCCCCl. The summed E-state index contributed by atoms with van der Waals surface area (Å²) in [5.41, 5.74) is -0.217. The molecule has 0 aromatic carbocycles. The molecule has 0 fully saturated rings. The zero-order chi connectivity index (χ0) is 25.7. The molecule has 0 saturated heterocycles. The summed E-state index contributed by atoms with van der Waals surface area (Å²) in [5, 5.41) is 5.01. The fraction of sp³-hybridized carbons (Fsp3) is 0.920. The first kappa shape index (κ1) is 33.2. The Bertz CT molecular complexity index is 535. The first-order valence-corrected chi connectivity index (χ1v) is 13.3. The molecular weight excluding hydrogens is 455 g/mol. The van der Waals surface area contributed by atoms with Crippen molar-refractivity contribution in [2.24, 2.45) is 5.41 Å². The van der Waals surface area contributed by atoms with Gasteiger partial charge in [0, 0.05) is 50.4 Å². The highest BCUT2D eigenvalue weighted by atomic mass is 35.5. The van der Waals surface area contributed by atoms with Gasteiger partial charge in [-0.25, -0.2) is 0 Å². The molecule has 0 aliphatic heterocycles. The minimum absolute atomic E-state index is 0.0700. The number of ether oxygens (including phenoxy) is 3. The first-order chi connectivity index (χ1) is 16.1. The quantitative estimate of drug-likeness (QED) is 0.125. The largest absolute Gasteiger partial charge is 0.381 e. The number of hydrogen-bond donors (Lipinski definition) is 2. The molecule has 0 bridgehead atoms. The summed E-state index contributed by atoms with van der Waals surface area (Å²) in [4.78, 5) is 24.0. The van der Waals surface area contributed by atoms with Crippen LogP contribution in [-0.2, 0) is 23.8 Å². The Balaban J connectivity index is 3.80. The van der Waals surface area contributed by atoms with Crippen molar-refractivity contribution in [2.75, 3.05) is 58.6 Å². The maximum atomic E-state index is 12.2. The van der Waals surface area contributed by atoms with Crippen LogP contribution in [0.25, 0.3) is 0 Å². The van der Waals surface area contributed by atoms with Crippen LogP contribution in [0.3, 0.4) is 0 Å². The number of unbranched alkanes of at least 4 members (excludes halogenated alkanes) is 4. The summed E-state index contributed by atoms with van der Waals surface area (Å²) >= 11 is 5.64. The van der Waals surface area contributed by atoms with Gasteiger partial charge in [0.1, 0.15) is 0 Å². The van der Waals surface area contributed by atoms with Crippen molar-refractivity contribution < 1.29 is 23.8 Å². The van der Waals surface area contributed by atoms with Gasteiger partial charge in [0.15, 0.2) is 0 Å². The number of alkyl halides is 1. The Hall–Kier alpha value is -0.825. The predicted octanol–water partition coefficient (Wildman–Crippen LogP) is 4.02. The van der Waals surface area contributed by atoms with Gasteiger partial charge in [-0.3, -0.25) is 9.59 Å². The topological polar surface area (TPSA) is 85.9 Å². The Morgan fingerprint density at radius 2 is 1.50 bits per heavy atom. The zero-order valence-electron chi connectivity index (χ0n) is 22.0. The van der Waals surface area contributed by atoms with Crippen LogP contribution in [-0.4, -0.2) is 78.3 Å². The van der Waals surface area contributed by atoms with Crippen LogP contribution in [0.15, 0.2) is 0 Å². The van der Waals surface area contributed by atoms with E-state index in [1.54, 1.807) is 6.92 Å². The summed E-state index contributed by atoms with van der Waals surface area (Å²) < 4.78 is 16.8. The third-order valence-corrected chi connectivity index (χ3v) is 5.39. The molecule has 0 spiro atoms. The molecule has 2 N–H and O–H groups in total. The van der Waals surface area contributed by atoms with Crippen LogP contribution in [0.1, 0.15) is 79.1 Å². The van der Waals surface area contributed by atoms with Crippen LogP contribution in [0.5, 0.6) is 0 Å². The number of rotatable bonds is 23. The fourth-order valence-corrected chi connectivity index (χ4v) is 3.28. The highest BCUT2D eigenvalue weighted by Gasteiger charge is 2.25. The third-order valence-electron chi connectivity index (χ3n) is 5.12. The van der Waals surface area contributed by atoms with Gasteiger partial charge in [-0.2, -0.15) is 0 Å². The summed E-state index contributed by atoms with van der Waals surface area (Å²) in [6.45, 7) is 11.8. The van der Waals surface area contributed by atoms with Crippen molar-refractivity contribution in [1.82, 2.24) is 10.6 Å². The Labute approximate surface area is 214 Å². The van der Waals surface area contributed by atoms with Crippen LogP contribution in [0.4, 0.5) is 0 Å². The molecule has 1 atom stereocenters. The minimum atomic E-state index is -0.775. The van der Waals surface area contributed by atoms with E-state index in [1.165, 1.54) is 0 Å². The standard InChI is InChI=1S/C25H48BClN2O5/c1-5-6-11-22(30)29-19-24(2,3)20-34-21-25(4,26)18-23(31)28-13-15-33-17-16-32-14-10-8-7-9-12-27/h5-21H2,1-4H3,(H,28,31)(H,29,30). The lowest BCUT2D eigenvalue weighted by Crippen LogP contribution is -2.37. The summed E-state index contributed by atoms with van der Waals surface area (Å²) in [7, 11) is 6.25. The highest BCUT2D eigenvalue weighted by Crippen LogP contribution is 2.26. The van der Waals surface area contributed by atoms with Crippen LogP contribution >= 0.6 is 11.6 Å². The van der Waals surface area contributed by atoms with E-state index in [9.17, 15) is 9.59 Å². The predicted molar refractivity (Wildman–Crippen MR) is 140 cm³/mol. The molecule has 2 amide bonds. The summed E-state index contributed by atoms with van der Waals surface area (Å²) in [6.07, 6.45) is 7.00. The van der Waals surface area contributed by atoms with Crippen LogP contribution in [0.2, 0.25) is 5.31 Å². The summed E-state index contributed by atoms with van der Waals surface area (Å²) in [6, 6.07) is 0. The molecule has 0 aromatic rings. The summed E-state index contributed by atoms with van der Waals surface area (Å²) in [5.74, 6) is 0.664.